The van der Waals surface area contributed by atoms with Crippen LogP contribution in [0.25, 0.3) is 0 Å². The van der Waals surface area contributed by atoms with Gasteiger partial charge in [0.1, 0.15) is 11.6 Å². The molecule has 0 unspecified atom stereocenters. The number of aromatic nitrogens is 1. The Bertz CT molecular complexity index is 416. The summed E-state index contributed by atoms with van der Waals surface area (Å²) in [6, 6.07) is 5.44. The van der Waals surface area contributed by atoms with Crippen molar-refractivity contribution in [2.24, 2.45) is 5.41 Å². The summed E-state index contributed by atoms with van der Waals surface area (Å²) in [5.41, 5.74) is 0.261. The van der Waals surface area contributed by atoms with Crippen molar-refractivity contribution in [1.29, 1.82) is 0 Å². The van der Waals surface area contributed by atoms with Gasteiger partial charge in [-0.2, -0.15) is 0 Å². The molecule has 3 heteroatoms. The number of pyridine rings is 1. The lowest BCUT2D eigenvalue weighted by molar-refractivity contribution is -0.134. The Kier molecular flexibility index (Phi) is 1.28. The molecule has 1 aliphatic heterocycles. The fraction of sp³-hybridized carbons (Fsp3) is 0.455. The van der Waals surface area contributed by atoms with Crippen LogP contribution in [-0.4, -0.2) is 23.9 Å². The van der Waals surface area contributed by atoms with Crippen LogP contribution in [0.1, 0.15) is 14.2 Å². The number of ketones is 1. The van der Waals surface area contributed by atoms with Gasteiger partial charge in [-0.25, -0.2) is 4.98 Å². The highest BCUT2D eigenvalue weighted by molar-refractivity contribution is 5.87. The average molecular weight is 189 g/mol. The van der Waals surface area contributed by atoms with Gasteiger partial charge in [-0.15, -0.1) is 0 Å². The van der Waals surface area contributed by atoms with Crippen LogP contribution in [0.15, 0.2) is 24.4 Å². The van der Waals surface area contributed by atoms with Gasteiger partial charge >= 0.3 is 0 Å². The molecule has 1 aromatic heterocycles. The standard InChI is InChI=1S/C11H12N2O/c14-9-5-11(6-9)7-13(8-11)10-3-1-2-4-12-10/h1-4H,5-8H2/i4D. The quantitative estimate of drug-likeness (QED) is 0.666. The predicted octanol–water partition coefficient (Wildman–Crippen LogP) is 1.25. The van der Waals surface area contributed by atoms with Crippen molar-refractivity contribution in [3.8, 4) is 0 Å². The first kappa shape index (κ1) is 6.98. The van der Waals surface area contributed by atoms with E-state index in [9.17, 15) is 4.79 Å². The van der Waals surface area contributed by atoms with Crippen molar-refractivity contribution in [3.05, 3.63) is 24.4 Å². The SMILES string of the molecule is [2H]c1cccc(N2CC3(CC(=O)C3)C2)n1. The maximum atomic E-state index is 10.9. The Morgan fingerprint density at radius 3 is 2.86 bits per heavy atom. The normalized spacial score (nSPS) is 24.1. The Labute approximate surface area is 84.2 Å². The van der Waals surface area contributed by atoms with Crippen LogP contribution < -0.4 is 4.90 Å². The molecule has 1 saturated heterocycles. The van der Waals surface area contributed by atoms with Gasteiger partial charge in [-0.3, -0.25) is 4.79 Å². The predicted molar refractivity (Wildman–Crippen MR) is 53.1 cm³/mol. The van der Waals surface area contributed by atoms with Gasteiger partial charge < -0.3 is 4.90 Å². The van der Waals surface area contributed by atoms with E-state index in [2.05, 4.69) is 9.88 Å². The second kappa shape index (κ2) is 2.56. The van der Waals surface area contributed by atoms with Crippen molar-refractivity contribution >= 4 is 11.6 Å². The Morgan fingerprint density at radius 2 is 2.21 bits per heavy atom. The number of nitrogens with zero attached hydrogens (tertiary/aromatic N) is 2. The summed E-state index contributed by atoms with van der Waals surface area (Å²) in [5.74, 6) is 1.25. The number of rotatable bonds is 1. The smallest absolute Gasteiger partial charge is 0.134 e. The zero-order valence-electron chi connectivity index (χ0n) is 8.86. The highest BCUT2D eigenvalue weighted by Gasteiger charge is 2.52. The van der Waals surface area contributed by atoms with Gasteiger partial charge in [0, 0.05) is 37.5 Å². The summed E-state index contributed by atoms with van der Waals surface area (Å²) in [7, 11) is 0. The molecule has 2 aliphatic rings. The molecule has 1 spiro atoms. The molecule has 1 aliphatic carbocycles. The average Bonchev–Trinajstić information content (AvgIpc) is 2.08. The van der Waals surface area contributed by atoms with E-state index < -0.39 is 0 Å². The van der Waals surface area contributed by atoms with Crippen LogP contribution in [0, 0.1) is 5.41 Å². The minimum atomic E-state index is 0.261. The molecule has 3 nitrogen and oxygen atoms in total. The first-order valence-electron chi connectivity index (χ1n) is 5.37. The largest absolute Gasteiger partial charge is 0.355 e. The van der Waals surface area contributed by atoms with E-state index in [0.29, 0.717) is 12.0 Å². The molecule has 0 bridgehead atoms. The van der Waals surface area contributed by atoms with Crippen molar-refractivity contribution in [2.75, 3.05) is 18.0 Å². The molecule has 0 amide bonds. The lowest BCUT2D eigenvalue weighted by Gasteiger charge is -2.55. The van der Waals surface area contributed by atoms with Crippen molar-refractivity contribution < 1.29 is 6.17 Å². The first-order chi connectivity index (χ1) is 7.17. The molecule has 1 aromatic rings. The summed E-state index contributed by atoms with van der Waals surface area (Å²) < 4.78 is 7.43. The third-order valence-corrected chi connectivity index (χ3v) is 3.12. The van der Waals surface area contributed by atoms with Crippen molar-refractivity contribution in [3.63, 3.8) is 0 Å². The lowest BCUT2D eigenvalue weighted by atomic mass is 9.63. The maximum Gasteiger partial charge on any atom is 0.134 e. The molecular formula is C11H12N2O. The zero-order chi connectivity index (χ0) is 10.5. The molecule has 2 fully saturated rings. The summed E-state index contributed by atoms with van der Waals surface area (Å²) in [6.45, 7) is 1.85. The third-order valence-electron chi connectivity index (χ3n) is 3.12. The highest BCUT2D eigenvalue weighted by atomic mass is 16.1. The van der Waals surface area contributed by atoms with E-state index in [-0.39, 0.29) is 5.41 Å². The minimum absolute atomic E-state index is 0.261. The molecule has 2 heterocycles. The second-order valence-electron chi connectivity index (χ2n) is 4.37. The number of Topliss-reactive ketones (excluding diaryl/α,β-unsaturated/α-hetero) is 1. The van der Waals surface area contributed by atoms with Crippen LogP contribution in [0.3, 0.4) is 0 Å². The number of hydrogen-bond donors (Lipinski definition) is 0. The van der Waals surface area contributed by atoms with Crippen molar-refractivity contribution in [2.45, 2.75) is 12.8 Å². The number of anilines is 1. The number of hydrogen-bond acceptors (Lipinski definition) is 3. The number of carbonyl (C=O) groups is 1. The van der Waals surface area contributed by atoms with Gasteiger partial charge in [0.05, 0.1) is 1.37 Å². The van der Waals surface area contributed by atoms with Gasteiger partial charge in [0.25, 0.3) is 0 Å². The molecule has 14 heavy (non-hydrogen) atoms. The van der Waals surface area contributed by atoms with E-state index in [0.717, 1.165) is 31.7 Å². The van der Waals surface area contributed by atoms with Crippen LogP contribution >= 0.6 is 0 Å². The highest BCUT2D eigenvalue weighted by Crippen LogP contribution is 2.46. The second-order valence-corrected chi connectivity index (χ2v) is 4.37. The van der Waals surface area contributed by atoms with Crippen LogP contribution in [-0.2, 0) is 4.79 Å². The minimum Gasteiger partial charge on any atom is -0.355 e. The molecular weight excluding hydrogens is 176 g/mol. The van der Waals surface area contributed by atoms with Crippen LogP contribution in [0.5, 0.6) is 0 Å². The maximum absolute atomic E-state index is 10.9. The van der Waals surface area contributed by atoms with E-state index >= 15 is 0 Å². The Hall–Kier alpha value is -1.38. The van der Waals surface area contributed by atoms with E-state index in [4.69, 9.17) is 1.37 Å². The molecule has 3 rings (SSSR count). The first-order valence-corrected chi connectivity index (χ1v) is 4.87. The van der Waals surface area contributed by atoms with Gasteiger partial charge in [-0.1, -0.05) is 6.07 Å². The van der Waals surface area contributed by atoms with E-state index in [1.54, 1.807) is 6.07 Å². The van der Waals surface area contributed by atoms with Crippen LogP contribution in [0.4, 0.5) is 5.82 Å². The van der Waals surface area contributed by atoms with E-state index in [1.807, 2.05) is 12.1 Å². The summed E-state index contributed by atoms with van der Waals surface area (Å²) in [6.07, 6.45) is 1.78. The lowest BCUT2D eigenvalue weighted by Crippen LogP contribution is -2.63. The topological polar surface area (TPSA) is 33.2 Å². The molecule has 0 aromatic carbocycles. The summed E-state index contributed by atoms with van der Waals surface area (Å²) >= 11 is 0. The molecule has 0 N–H and O–H groups in total. The molecule has 0 atom stereocenters. The summed E-state index contributed by atoms with van der Waals surface area (Å²) in [5, 5.41) is 0. The summed E-state index contributed by atoms with van der Waals surface area (Å²) in [4.78, 5) is 17.2. The fourth-order valence-electron chi connectivity index (χ4n) is 2.43. The Balaban J connectivity index is 1.70. The van der Waals surface area contributed by atoms with Gasteiger partial charge in [0.2, 0.25) is 0 Å². The molecule has 72 valence electrons. The van der Waals surface area contributed by atoms with Crippen molar-refractivity contribution in [1.82, 2.24) is 4.98 Å². The van der Waals surface area contributed by atoms with Gasteiger partial charge in [-0.05, 0) is 12.1 Å². The number of carbonyl (C=O) groups excluding carboxylic acids is 1. The molecule has 0 radical (unpaired) electrons. The third kappa shape index (κ3) is 1.05. The van der Waals surface area contributed by atoms with Gasteiger partial charge in [0.15, 0.2) is 0 Å². The van der Waals surface area contributed by atoms with Crippen LogP contribution in [0.2, 0.25) is 0 Å². The monoisotopic (exact) mass is 189 g/mol. The zero-order valence-corrected chi connectivity index (χ0v) is 7.86. The molecule has 1 saturated carbocycles. The fourth-order valence-corrected chi connectivity index (χ4v) is 2.43. The van der Waals surface area contributed by atoms with E-state index in [1.165, 1.54) is 0 Å². The Morgan fingerprint density at radius 1 is 1.43 bits per heavy atom.